The minimum absolute atomic E-state index is 0.0252. The highest BCUT2D eigenvalue weighted by molar-refractivity contribution is 6.30. The standard InChI is InChI=1S/C11H13ClO2/c12-9-4-5-11(8(6-9)7-13)14-10-2-1-3-10/h4-6,10,13H,1-3,7H2. The normalized spacial score (nSPS) is 16.4. The van der Waals surface area contributed by atoms with Crippen LogP contribution in [0.2, 0.25) is 5.02 Å². The molecule has 14 heavy (non-hydrogen) atoms. The lowest BCUT2D eigenvalue weighted by Gasteiger charge is -2.27. The molecule has 0 radical (unpaired) electrons. The molecule has 3 heteroatoms. The minimum atomic E-state index is -0.0252. The van der Waals surface area contributed by atoms with Gasteiger partial charge in [-0.15, -0.1) is 0 Å². The first-order valence-corrected chi connectivity index (χ1v) is 5.23. The van der Waals surface area contributed by atoms with Gasteiger partial charge in [-0.2, -0.15) is 0 Å². The number of hydrogen-bond donors (Lipinski definition) is 1. The third kappa shape index (κ3) is 2.02. The monoisotopic (exact) mass is 212 g/mol. The molecular formula is C11H13ClO2. The molecule has 1 aromatic carbocycles. The maximum absolute atomic E-state index is 9.11. The zero-order valence-electron chi connectivity index (χ0n) is 7.87. The largest absolute Gasteiger partial charge is 0.490 e. The van der Waals surface area contributed by atoms with Gasteiger partial charge in [-0.1, -0.05) is 11.6 Å². The van der Waals surface area contributed by atoms with E-state index in [2.05, 4.69) is 0 Å². The third-order valence-corrected chi connectivity index (χ3v) is 2.77. The summed E-state index contributed by atoms with van der Waals surface area (Å²) in [4.78, 5) is 0. The summed E-state index contributed by atoms with van der Waals surface area (Å²) in [5.74, 6) is 0.765. The molecule has 0 atom stereocenters. The van der Waals surface area contributed by atoms with Gasteiger partial charge in [-0.25, -0.2) is 0 Å². The number of rotatable bonds is 3. The molecule has 0 spiro atoms. The Morgan fingerprint density at radius 1 is 1.43 bits per heavy atom. The van der Waals surface area contributed by atoms with E-state index in [1.165, 1.54) is 6.42 Å². The van der Waals surface area contributed by atoms with Crippen LogP contribution in [-0.4, -0.2) is 11.2 Å². The molecule has 0 saturated heterocycles. The molecule has 1 fully saturated rings. The summed E-state index contributed by atoms with van der Waals surface area (Å²) in [5.41, 5.74) is 0.768. The zero-order valence-corrected chi connectivity index (χ0v) is 8.63. The third-order valence-electron chi connectivity index (χ3n) is 2.54. The summed E-state index contributed by atoms with van der Waals surface area (Å²) in [6.45, 7) is -0.0252. The maximum atomic E-state index is 9.11. The second-order valence-electron chi connectivity index (χ2n) is 3.58. The Kier molecular flexibility index (Phi) is 2.94. The van der Waals surface area contributed by atoms with Crippen molar-refractivity contribution in [2.45, 2.75) is 32.0 Å². The van der Waals surface area contributed by atoms with Crippen LogP contribution in [-0.2, 0) is 6.61 Å². The Morgan fingerprint density at radius 3 is 2.79 bits per heavy atom. The molecule has 76 valence electrons. The smallest absolute Gasteiger partial charge is 0.125 e. The summed E-state index contributed by atoms with van der Waals surface area (Å²) in [6.07, 6.45) is 3.81. The molecule has 1 aromatic rings. The molecule has 0 heterocycles. The summed E-state index contributed by atoms with van der Waals surface area (Å²) in [7, 11) is 0. The predicted octanol–water partition coefficient (Wildman–Crippen LogP) is 2.76. The maximum Gasteiger partial charge on any atom is 0.125 e. The average molecular weight is 213 g/mol. The van der Waals surface area contributed by atoms with Gasteiger partial charge in [0.15, 0.2) is 0 Å². The van der Waals surface area contributed by atoms with Gasteiger partial charge in [0.2, 0.25) is 0 Å². The van der Waals surface area contributed by atoms with Gasteiger partial charge >= 0.3 is 0 Å². The molecule has 0 aromatic heterocycles. The van der Waals surface area contributed by atoms with Crippen LogP contribution in [0, 0.1) is 0 Å². The zero-order chi connectivity index (χ0) is 9.97. The van der Waals surface area contributed by atoms with Gasteiger partial charge in [0, 0.05) is 10.6 Å². The number of halogens is 1. The van der Waals surface area contributed by atoms with Crippen molar-refractivity contribution in [3.05, 3.63) is 28.8 Å². The Bertz CT molecular complexity index is 321. The van der Waals surface area contributed by atoms with E-state index in [4.69, 9.17) is 21.4 Å². The Balaban J connectivity index is 2.14. The van der Waals surface area contributed by atoms with Gasteiger partial charge in [0.1, 0.15) is 5.75 Å². The van der Waals surface area contributed by atoms with E-state index in [9.17, 15) is 0 Å². The van der Waals surface area contributed by atoms with Crippen molar-refractivity contribution in [3.8, 4) is 5.75 Å². The van der Waals surface area contributed by atoms with Crippen LogP contribution < -0.4 is 4.74 Å². The summed E-state index contributed by atoms with van der Waals surface area (Å²) >= 11 is 5.81. The quantitative estimate of drug-likeness (QED) is 0.835. The van der Waals surface area contributed by atoms with Crippen LogP contribution in [0.15, 0.2) is 18.2 Å². The first-order chi connectivity index (χ1) is 6.79. The second-order valence-corrected chi connectivity index (χ2v) is 4.02. The number of aliphatic hydroxyl groups excluding tert-OH is 1. The Morgan fingerprint density at radius 2 is 2.21 bits per heavy atom. The number of hydrogen-bond acceptors (Lipinski definition) is 2. The number of benzene rings is 1. The molecular weight excluding hydrogens is 200 g/mol. The van der Waals surface area contributed by atoms with E-state index < -0.39 is 0 Å². The Labute approximate surface area is 88.5 Å². The Hall–Kier alpha value is -0.730. The van der Waals surface area contributed by atoms with E-state index in [0.29, 0.717) is 11.1 Å². The fourth-order valence-corrected chi connectivity index (χ4v) is 1.65. The molecule has 1 aliphatic rings. The number of aliphatic hydroxyl groups is 1. The fourth-order valence-electron chi connectivity index (χ4n) is 1.45. The van der Waals surface area contributed by atoms with Crippen molar-refractivity contribution in [2.24, 2.45) is 0 Å². The van der Waals surface area contributed by atoms with Crippen LogP contribution >= 0.6 is 11.6 Å². The SMILES string of the molecule is OCc1cc(Cl)ccc1OC1CCC1. The molecule has 0 unspecified atom stereocenters. The van der Waals surface area contributed by atoms with Gasteiger partial charge in [-0.3, -0.25) is 0 Å². The summed E-state index contributed by atoms with van der Waals surface area (Å²) in [5, 5.41) is 9.74. The van der Waals surface area contributed by atoms with E-state index >= 15 is 0 Å². The number of ether oxygens (including phenoxy) is 1. The van der Waals surface area contributed by atoms with Gasteiger partial charge in [0.25, 0.3) is 0 Å². The lowest BCUT2D eigenvalue weighted by atomic mass is 9.96. The van der Waals surface area contributed by atoms with E-state index in [1.807, 2.05) is 6.07 Å². The summed E-state index contributed by atoms with van der Waals surface area (Å²) in [6, 6.07) is 5.36. The van der Waals surface area contributed by atoms with Crippen LogP contribution in [0.3, 0.4) is 0 Å². The van der Waals surface area contributed by atoms with E-state index in [0.717, 1.165) is 24.2 Å². The first kappa shape index (κ1) is 9.81. The van der Waals surface area contributed by atoms with Crippen LogP contribution in [0.1, 0.15) is 24.8 Å². The van der Waals surface area contributed by atoms with Gasteiger partial charge in [-0.05, 0) is 37.5 Å². The molecule has 2 rings (SSSR count). The highest BCUT2D eigenvalue weighted by Gasteiger charge is 2.20. The fraction of sp³-hybridized carbons (Fsp3) is 0.455. The van der Waals surface area contributed by atoms with Crippen molar-refractivity contribution in [1.82, 2.24) is 0 Å². The molecule has 0 bridgehead atoms. The predicted molar refractivity (Wildman–Crippen MR) is 55.6 cm³/mol. The topological polar surface area (TPSA) is 29.5 Å². The van der Waals surface area contributed by atoms with Gasteiger partial charge in [0.05, 0.1) is 12.7 Å². The van der Waals surface area contributed by atoms with Crippen molar-refractivity contribution in [3.63, 3.8) is 0 Å². The highest BCUT2D eigenvalue weighted by atomic mass is 35.5. The molecule has 0 aliphatic heterocycles. The molecule has 1 aliphatic carbocycles. The van der Waals surface area contributed by atoms with Crippen LogP contribution in [0.4, 0.5) is 0 Å². The summed E-state index contributed by atoms with van der Waals surface area (Å²) < 4.78 is 5.71. The molecule has 2 nitrogen and oxygen atoms in total. The van der Waals surface area contributed by atoms with Crippen molar-refractivity contribution < 1.29 is 9.84 Å². The van der Waals surface area contributed by atoms with Crippen molar-refractivity contribution in [2.75, 3.05) is 0 Å². The van der Waals surface area contributed by atoms with E-state index in [-0.39, 0.29) is 6.61 Å². The molecule has 1 N–H and O–H groups in total. The van der Waals surface area contributed by atoms with Crippen molar-refractivity contribution >= 4 is 11.6 Å². The van der Waals surface area contributed by atoms with Crippen molar-refractivity contribution in [1.29, 1.82) is 0 Å². The average Bonchev–Trinajstić information content (AvgIpc) is 2.13. The molecule has 0 amide bonds. The lowest BCUT2D eigenvalue weighted by molar-refractivity contribution is 0.116. The first-order valence-electron chi connectivity index (χ1n) is 4.85. The molecule has 1 saturated carbocycles. The van der Waals surface area contributed by atoms with E-state index in [1.54, 1.807) is 12.1 Å². The highest BCUT2D eigenvalue weighted by Crippen LogP contribution is 2.29. The second kappa shape index (κ2) is 4.20. The lowest BCUT2D eigenvalue weighted by Crippen LogP contribution is -2.25. The van der Waals surface area contributed by atoms with Gasteiger partial charge < -0.3 is 9.84 Å². The van der Waals surface area contributed by atoms with Crippen LogP contribution in [0.5, 0.6) is 5.75 Å². The van der Waals surface area contributed by atoms with Crippen LogP contribution in [0.25, 0.3) is 0 Å². The minimum Gasteiger partial charge on any atom is -0.490 e.